The van der Waals surface area contributed by atoms with E-state index in [0.29, 0.717) is 11.1 Å². The quantitative estimate of drug-likeness (QED) is 0.764. The first-order valence-electron chi connectivity index (χ1n) is 8.83. The highest BCUT2D eigenvalue weighted by Crippen LogP contribution is 2.25. The molecule has 0 bridgehead atoms. The van der Waals surface area contributed by atoms with Gasteiger partial charge in [0, 0.05) is 24.9 Å². The first-order valence-corrected chi connectivity index (χ1v) is 10.9. The number of benzene rings is 2. The van der Waals surface area contributed by atoms with E-state index in [1.54, 1.807) is 24.3 Å². The summed E-state index contributed by atoms with van der Waals surface area (Å²) in [6.45, 7) is 0.414. The van der Waals surface area contributed by atoms with Crippen molar-refractivity contribution in [2.45, 2.75) is 25.6 Å². The molecule has 1 atom stereocenters. The molecule has 28 heavy (non-hydrogen) atoms. The SMILES string of the molecule is CS(=O)(=O)CC[C@@H](C(=O)NCc1ccc(F)cc1)N1Cc2ccccc2C1=O. The van der Waals surface area contributed by atoms with Crippen molar-refractivity contribution >= 4 is 21.7 Å². The molecule has 1 N–H and O–H groups in total. The summed E-state index contributed by atoms with van der Waals surface area (Å²) in [6.07, 6.45) is 1.11. The van der Waals surface area contributed by atoms with E-state index in [4.69, 9.17) is 0 Å². The Bertz CT molecular complexity index is 990. The van der Waals surface area contributed by atoms with Gasteiger partial charge in [-0.1, -0.05) is 30.3 Å². The summed E-state index contributed by atoms with van der Waals surface area (Å²) in [6, 6.07) is 11.9. The largest absolute Gasteiger partial charge is 0.350 e. The number of nitrogens with zero attached hydrogens (tertiary/aromatic N) is 1. The highest BCUT2D eigenvalue weighted by Gasteiger charge is 2.36. The number of hydrogen-bond acceptors (Lipinski definition) is 4. The average molecular weight is 404 g/mol. The Morgan fingerprint density at radius 1 is 1.18 bits per heavy atom. The summed E-state index contributed by atoms with van der Waals surface area (Å²) in [5.41, 5.74) is 2.04. The van der Waals surface area contributed by atoms with E-state index >= 15 is 0 Å². The van der Waals surface area contributed by atoms with E-state index in [-0.39, 0.29) is 37.0 Å². The lowest BCUT2D eigenvalue weighted by atomic mass is 10.1. The van der Waals surface area contributed by atoms with Crippen LogP contribution in [0.5, 0.6) is 0 Å². The molecule has 0 aliphatic carbocycles. The van der Waals surface area contributed by atoms with E-state index in [2.05, 4.69) is 5.32 Å². The zero-order valence-electron chi connectivity index (χ0n) is 15.4. The molecule has 3 rings (SSSR count). The number of sulfone groups is 1. The van der Waals surface area contributed by atoms with Gasteiger partial charge in [-0.15, -0.1) is 0 Å². The molecular formula is C20H21FN2O4S. The van der Waals surface area contributed by atoms with Crippen LogP contribution < -0.4 is 5.32 Å². The summed E-state index contributed by atoms with van der Waals surface area (Å²) in [5, 5.41) is 2.73. The zero-order valence-corrected chi connectivity index (χ0v) is 16.2. The lowest BCUT2D eigenvalue weighted by molar-refractivity contribution is -0.126. The Kier molecular flexibility index (Phi) is 5.79. The second-order valence-corrected chi connectivity index (χ2v) is 9.13. The molecule has 0 unspecified atom stereocenters. The molecule has 2 aromatic rings. The maximum absolute atomic E-state index is 13.0. The molecule has 2 amide bonds. The van der Waals surface area contributed by atoms with Gasteiger partial charge in [0.1, 0.15) is 21.7 Å². The Hall–Kier alpha value is -2.74. The van der Waals surface area contributed by atoms with Gasteiger partial charge in [-0.25, -0.2) is 12.8 Å². The molecule has 0 fully saturated rings. The molecule has 0 saturated heterocycles. The summed E-state index contributed by atoms with van der Waals surface area (Å²) in [4.78, 5) is 27.0. The molecule has 0 radical (unpaired) electrons. The Morgan fingerprint density at radius 3 is 2.50 bits per heavy atom. The minimum Gasteiger partial charge on any atom is -0.350 e. The molecule has 1 heterocycles. The van der Waals surface area contributed by atoms with E-state index in [9.17, 15) is 22.4 Å². The van der Waals surface area contributed by atoms with E-state index in [0.717, 1.165) is 11.8 Å². The van der Waals surface area contributed by atoms with Gasteiger partial charge in [-0.05, 0) is 35.7 Å². The number of nitrogens with one attached hydrogen (secondary N) is 1. The van der Waals surface area contributed by atoms with Gasteiger partial charge >= 0.3 is 0 Å². The van der Waals surface area contributed by atoms with Crippen molar-refractivity contribution < 1.29 is 22.4 Å². The number of hydrogen-bond donors (Lipinski definition) is 1. The topological polar surface area (TPSA) is 83.6 Å². The zero-order chi connectivity index (χ0) is 20.3. The van der Waals surface area contributed by atoms with Crippen molar-refractivity contribution in [2.75, 3.05) is 12.0 Å². The number of halogens is 1. The van der Waals surface area contributed by atoms with Gasteiger partial charge in [0.25, 0.3) is 5.91 Å². The summed E-state index contributed by atoms with van der Waals surface area (Å²) in [5.74, 6) is -1.30. The number of fused-ring (bicyclic) bond motifs is 1. The average Bonchev–Trinajstić information content (AvgIpc) is 2.97. The van der Waals surface area contributed by atoms with Crippen LogP contribution in [0.15, 0.2) is 48.5 Å². The highest BCUT2D eigenvalue weighted by atomic mass is 32.2. The predicted octanol–water partition coefficient (Wildman–Crippen LogP) is 1.90. The fourth-order valence-electron chi connectivity index (χ4n) is 3.19. The van der Waals surface area contributed by atoms with Gasteiger partial charge in [0.15, 0.2) is 0 Å². The van der Waals surface area contributed by atoms with Crippen LogP contribution in [0, 0.1) is 5.82 Å². The second kappa shape index (κ2) is 8.10. The van der Waals surface area contributed by atoms with Crippen LogP contribution in [0.2, 0.25) is 0 Å². The van der Waals surface area contributed by atoms with Crippen molar-refractivity contribution in [1.82, 2.24) is 10.2 Å². The van der Waals surface area contributed by atoms with E-state index in [1.165, 1.54) is 17.0 Å². The molecule has 2 aromatic carbocycles. The van der Waals surface area contributed by atoms with Crippen molar-refractivity contribution in [3.05, 3.63) is 71.0 Å². The van der Waals surface area contributed by atoms with Gasteiger partial charge < -0.3 is 10.2 Å². The molecule has 148 valence electrons. The number of amides is 2. The minimum absolute atomic E-state index is 0.00775. The lowest BCUT2D eigenvalue weighted by Gasteiger charge is -2.26. The maximum Gasteiger partial charge on any atom is 0.255 e. The van der Waals surface area contributed by atoms with Crippen molar-refractivity contribution in [2.24, 2.45) is 0 Å². The van der Waals surface area contributed by atoms with E-state index < -0.39 is 21.8 Å². The second-order valence-electron chi connectivity index (χ2n) is 6.87. The highest BCUT2D eigenvalue weighted by molar-refractivity contribution is 7.90. The van der Waals surface area contributed by atoms with E-state index in [1.807, 2.05) is 12.1 Å². The molecular weight excluding hydrogens is 383 g/mol. The number of carbonyl (C=O) groups excluding carboxylic acids is 2. The molecule has 0 spiro atoms. The fourth-order valence-corrected chi connectivity index (χ4v) is 3.84. The third-order valence-corrected chi connectivity index (χ3v) is 5.65. The molecule has 6 nitrogen and oxygen atoms in total. The smallest absolute Gasteiger partial charge is 0.255 e. The third-order valence-electron chi connectivity index (χ3n) is 4.67. The van der Waals surface area contributed by atoms with Crippen LogP contribution in [-0.4, -0.2) is 43.2 Å². The number of rotatable bonds is 7. The number of carbonyl (C=O) groups is 2. The predicted molar refractivity (Wildman–Crippen MR) is 103 cm³/mol. The lowest BCUT2D eigenvalue weighted by Crippen LogP contribution is -2.47. The van der Waals surface area contributed by atoms with Gasteiger partial charge in [-0.2, -0.15) is 0 Å². The van der Waals surface area contributed by atoms with Crippen LogP contribution >= 0.6 is 0 Å². The van der Waals surface area contributed by atoms with Crippen LogP contribution in [0.3, 0.4) is 0 Å². The fraction of sp³-hybridized carbons (Fsp3) is 0.300. The minimum atomic E-state index is -3.30. The molecule has 8 heteroatoms. The standard InChI is InChI=1S/C20H21FN2O4S/c1-28(26,27)11-10-18(19(24)22-12-14-6-8-16(21)9-7-14)23-13-15-4-2-3-5-17(15)20(23)25/h2-9,18H,10-13H2,1H3,(H,22,24)/t18-/m0/s1. The monoisotopic (exact) mass is 404 g/mol. The summed E-state index contributed by atoms with van der Waals surface area (Å²) in [7, 11) is -3.30. The van der Waals surface area contributed by atoms with Crippen molar-refractivity contribution in [3.8, 4) is 0 Å². The molecule has 1 aliphatic heterocycles. The molecule has 1 aliphatic rings. The van der Waals surface area contributed by atoms with Crippen molar-refractivity contribution in [3.63, 3.8) is 0 Å². The van der Waals surface area contributed by atoms with Crippen LogP contribution in [0.4, 0.5) is 4.39 Å². The normalized spacial score (nSPS) is 14.6. The first-order chi connectivity index (χ1) is 13.2. The van der Waals surface area contributed by atoms with Crippen LogP contribution in [-0.2, 0) is 27.7 Å². The van der Waals surface area contributed by atoms with Gasteiger partial charge in [-0.3, -0.25) is 9.59 Å². The van der Waals surface area contributed by atoms with Crippen LogP contribution in [0.25, 0.3) is 0 Å². The Labute approximate surface area is 163 Å². The summed E-state index contributed by atoms with van der Waals surface area (Å²) >= 11 is 0. The molecule has 0 saturated carbocycles. The maximum atomic E-state index is 13.0. The summed E-state index contributed by atoms with van der Waals surface area (Å²) < 4.78 is 36.2. The van der Waals surface area contributed by atoms with Gasteiger partial charge in [0.2, 0.25) is 5.91 Å². The first kappa shape index (κ1) is 20.0. The van der Waals surface area contributed by atoms with Crippen molar-refractivity contribution in [1.29, 1.82) is 0 Å². The Balaban J connectivity index is 1.76. The third kappa shape index (κ3) is 4.75. The van der Waals surface area contributed by atoms with Gasteiger partial charge in [0.05, 0.1) is 5.75 Å². The molecule has 0 aromatic heterocycles. The van der Waals surface area contributed by atoms with Crippen LogP contribution in [0.1, 0.15) is 27.9 Å². The Morgan fingerprint density at radius 2 is 1.86 bits per heavy atom.